The van der Waals surface area contributed by atoms with E-state index in [1.807, 2.05) is 13.8 Å². The summed E-state index contributed by atoms with van der Waals surface area (Å²) in [6.45, 7) is 4.09. The average Bonchev–Trinajstić information content (AvgIpc) is 2.48. The van der Waals surface area contributed by atoms with E-state index in [0.717, 1.165) is 0 Å². The fourth-order valence-electron chi connectivity index (χ4n) is 1.73. The lowest BCUT2D eigenvalue weighted by Crippen LogP contribution is -2.16. The number of anilines is 1. The fraction of sp³-hybridized carbons (Fsp3) is 0.267. The van der Waals surface area contributed by atoms with Crippen molar-refractivity contribution < 1.29 is 9.53 Å². The summed E-state index contributed by atoms with van der Waals surface area (Å²) in [7, 11) is 0. The molecule has 0 aromatic carbocycles. The molecule has 3 N–H and O–H groups in total. The molecule has 0 aliphatic heterocycles. The van der Waals surface area contributed by atoms with Gasteiger partial charge in [-0.1, -0.05) is 0 Å². The summed E-state index contributed by atoms with van der Waals surface area (Å²) in [5, 5.41) is 2.79. The van der Waals surface area contributed by atoms with Crippen LogP contribution in [0.3, 0.4) is 0 Å². The Morgan fingerprint density at radius 3 is 2.86 bits per heavy atom. The van der Waals surface area contributed by atoms with Crippen molar-refractivity contribution in [2.24, 2.45) is 5.73 Å². The van der Waals surface area contributed by atoms with Gasteiger partial charge in [-0.05, 0) is 38.1 Å². The number of aromatic nitrogens is 2. The number of nitrogens with zero attached hydrogens (tertiary/aromatic N) is 2. The first-order valence-corrected chi connectivity index (χ1v) is 6.68. The van der Waals surface area contributed by atoms with Gasteiger partial charge in [0, 0.05) is 24.5 Å². The number of ether oxygens (including phenoxy) is 1. The average molecular weight is 286 g/mol. The molecule has 0 spiro atoms. The zero-order valence-corrected chi connectivity index (χ0v) is 12.0. The third-order valence-corrected chi connectivity index (χ3v) is 2.65. The Labute approximate surface area is 123 Å². The lowest BCUT2D eigenvalue weighted by atomic mass is 10.2. The third kappa shape index (κ3) is 4.00. The molecule has 1 amide bonds. The number of rotatable bonds is 5. The largest absolute Gasteiger partial charge is 0.473 e. The van der Waals surface area contributed by atoms with Crippen molar-refractivity contribution >= 4 is 11.6 Å². The van der Waals surface area contributed by atoms with Crippen LogP contribution in [0, 0.1) is 0 Å². The van der Waals surface area contributed by atoms with E-state index >= 15 is 0 Å². The van der Waals surface area contributed by atoms with Crippen LogP contribution in [0.1, 0.15) is 29.9 Å². The molecule has 6 nitrogen and oxygen atoms in total. The topological polar surface area (TPSA) is 90.1 Å². The van der Waals surface area contributed by atoms with Crippen molar-refractivity contribution in [2.75, 3.05) is 5.32 Å². The quantitative estimate of drug-likeness (QED) is 0.877. The molecule has 2 aromatic rings. The normalized spacial score (nSPS) is 10.5. The molecule has 21 heavy (non-hydrogen) atoms. The van der Waals surface area contributed by atoms with Gasteiger partial charge in [0.25, 0.3) is 5.91 Å². The highest BCUT2D eigenvalue weighted by molar-refractivity contribution is 6.04. The van der Waals surface area contributed by atoms with E-state index in [-0.39, 0.29) is 18.6 Å². The van der Waals surface area contributed by atoms with E-state index in [4.69, 9.17) is 10.5 Å². The van der Waals surface area contributed by atoms with Crippen LogP contribution >= 0.6 is 0 Å². The highest BCUT2D eigenvalue weighted by Gasteiger charge is 2.12. The Kier molecular flexibility index (Phi) is 4.84. The number of hydrogen-bond acceptors (Lipinski definition) is 5. The van der Waals surface area contributed by atoms with Crippen molar-refractivity contribution in [1.82, 2.24) is 9.97 Å². The van der Waals surface area contributed by atoms with Crippen LogP contribution in [0.25, 0.3) is 0 Å². The van der Waals surface area contributed by atoms with Crippen LogP contribution in [-0.2, 0) is 6.54 Å². The maximum atomic E-state index is 12.3. The molecule has 0 saturated carbocycles. The maximum Gasteiger partial charge on any atom is 0.255 e. The molecule has 110 valence electrons. The second-order valence-electron chi connectivity index (χ2n) is 4.72. The zero-order chi connectivity index (χ0) is 15.2. The van der Waals surface area contributed by atoms with Gasteiger partial charge in [-0.3, -0.25) is 9.78 Å². The van der Waals surface area contributed by atoms with Gasteiger partial charge in [-0.25, -0.2) is 4.98 Å². The molecule has 0 atom stereocenters. The van der Waals surface area contributed by atoms with Gasteiger partial charge in [0.05, 0.1) is 11.8 Å². The zero-order valence-electron chi connectivity index (χ0n) is 12.0. The summed E-state index contributed by atoms with van der Waals surface area (Å²) >= 11 is 0. The highest BCUT2D eigenvalue weighted by Crippen LogP contribution is 2.22. The van der Waals surface area contributed by atoms with Gasteiger partial charge in [0.15, 0.2) is 0 Å². The minimum Gasteiger partial charge on any atom is -0.473 e. The minimum absolute atomic E-state index is 0.0275. The predicted octanol–water partition coefficient (Wildman–Crippen LogP) is 1.97. The van der Waals surface area contributed by atoms with Crippen LogP contribution in [0.15, 0.2) is 36.7 Å². The van der Waals surface area contributed by atoms with Gasteiger partial charge in [0.1, 0.15) is 5.69 Å². The lowest BCUT2D eigenvalue weighted by Gasteiger charge is -2.13. The molecule has 0 fully saturated rings. The number of nitrogens with two attached hydrogens (primary N) is 1. The number of hydrogen-bond donors (Lipinski definition) is 2. The molecule has 0 unspecified atom stereocenters. The number of carbonyl (C=O) groups is 1. The van der Waals surface area contributed by atoms with Crippen LogP contribution in [0.5, 0.6) is 5.88 Å². The molecule has 2 heterocycles. The Morgan fingerprint density at radius 2 is 2.14 bits per heavy atom. The first-order chi connectivity index (χ1) is 10.1. The van der Waals surface area contributed by atoms with Gasteiger partial charge in [0.2, 0.25) is 5.88 Å². The molecular weight excluding hydrogens is 268 g/mol. The lowest BCUT2D eigenvalue weighted by molar-refractivity contribution is 0.102. The summed E-state index contributed by atoms with van der Waals surface area (Å²) in [4.78, 5) is 20.4. The summed E-state index contributed by atoms with van der Waals surface area (Å²) in [5.41, 5.74) is 7.21. The van der Waals surface area contributed by atoms with Gasteiger partial charge < -0.3 is 15.8 Å². The van der Waals surface area contributed by atoms with Gasteiger partial charge in [-0.2, -0.15) is 0 Å². The summed E-state index contributed by atoms with van der Waals surface area (Å²) < 4.78 is 5.57. The first kappa shape index (κ1) is 14.9. The van der Waals surface area contributed by atoms with Crippen molar-refractivity contribution in [3.8, 4) is 5.88 Å². The van der Waals surface area contributed by atoms with Gasteiger partial charge >= 0.3 is 0 Å². The summed E-state index contributed by atoms with van der Waals surface area (Å²) in [5.74, 6) is 0.141. The minimum atomic E-state index is -0.256. The monoisotopic (exact) mass is 286 g/mol. The van der Waals surface area contributed by atoms with E-state index in [0.29, 0.717) is 22.8 Å². The van der Waals surface area contributed by atoms with E-state index in [1.54, 1.807) is 36.7 Å². The van der Waals surface area contributed by atoms with Crippen LogP contribution in [0.4, 0.5) is 5.69 Å². The van der Waals surface area contributed by atoms with Crippen LogP contribution in [-0.4, -0.2) is 22.0 Å². The predicted molar refractivity (Wildman–Crippen MR) is 80.1 cm³/mol. The fourth-order valence-corrected chi connectivity index (χ4v) is 1.73. The van der Waals surface area contributed by atoms with Crippen molar-refractivity contribution in [2.45, 2.75) is 26.5 Å². The van der Waals surface area contributed by atoms with Gasteiger partial charge in [-0.15, -0.1) is 0 Å². The molecule has 6 heteroatoms. The SMILES string of the molecule is CC(C)Oc1ncccc1NC(=O)c1ccnc(CN)c1. The van der Waals surface area contributed by atoms with Crippen molar-refractivity contribution in [1.29, 1.82) is 0 Å². The van der Waals surface area contributed by atoms with E-state index in [1.165, 1.54) is 0 Å². The summed E-state index contributed by atoms with van der Waals surface area (Å²) in [6, 6.07) is 6.77. The van der Waals surface area contributed by atoms with Crippen molar-refractivity contribution in [3.05, 3.63) is 47.9 Å². The Morgan fingerprint density at radius 1 is 1.33 bits per heavy atom. The van der Waals surface area contributed by atoms with Crippen LogP contribution in [0.2, 0.25) is 0 Å². The molecule has 0 bridgehead atoms. The Bertz CT molecular complexity index is 629. The second kappa shape index (κ2) is 6.81. The Balaban J connectivity index is 2.19. The maximum absolute atomic E-state index is 12.3. The van der Waals surface area contributed by atoms with E-state index in [2.05, 4.69) is 15.3 Å². The highest BCUT2D eigenvalue weighted by atomic mass is 16.5. The third-order valence-electron chi connectivity index (χ3n) is 2.65. The molecule has 2 rings (SSSR count). The molecular formula is C15H18N4O2. The van der Waals surface area contributed by atoms with E-state index in [9.17, 15) is 4.79 Å². The molecule has 0 aliphatic rings. The first-order valence-electron chi connectivity index (χ1n) is 6.68. The second-order valence-corrected chi connectivity index (χ2v) is 4.72. The smallest absolute Gasteiger partial charge is 0.255 e. The van der Waals surface area contributed by atoms with E-state index < -0.39 is 0 Å². The molecule has 0 radical (unpaired) electrons. The molecule has 0 aliphatic carbocycles. The molecule has 0 saturated heterocycles. The Hall–Kier alpha value is -2.47. The number of pyridine rings is 2. The number of nitrogens with one attached hydrogen (secondary N) is 1. The van der Waals surface area contributed by atoms with Crippen LogP contribution < -0.4 is 15.8 Å². The number of amides is 1. The van der Waals surface area contributed by atoms with Crippen molar-refractivity contribution in [3.63, 3.8) is 0 Å². The number of carbonyl (C=O) groups excluding carboxylic acids is 1. The molecule has 2 aromatic heterocycles. The summed E-state index contributed by atoms with van der Waals surface area (Å²) in [6.07, 6.45) is 3.15. The standard InChI is InChI=1S/C15H18N4O2/c1-10(2)21-15-13(4-3-6-18-15)19-14(20)11-5-7-17-12(8-11)9-16/h3-8,10H,9,16H2,1-2H3,(H,19,20).